The van der Waals surface area contributed by atoms with E-state index < -0.39 is 6.10 Å². The van der Waals surface area contributed by atoms with E-state index in [4.69, 9.17) is 16.3 Å². The largest absolute Gasteiger partial charge is 0.456 e. The average molecular weight is 342 g/mol. The summed E-state index contributed by atoms with van der Waals surface area (Å²) in [5.74, 6) is 1.37. The predicted octanol–water partition coefficient (Wildman–Crippen LogP) is 5.26. The van der Waals surface area contributed by atoms with Crippen molar-refractivity contribution in [1.29, 1.82) is 0 Å². The van der Waals surface area contributed by atoms with Gasteiger partial charge in [0.2, 0.25) is 0 Å². The first kappa shape index (κ1) is 14.4. The Morgan fingerprint density at radius 3 is 2.53 bits per heavy atom. The van der Waals surface area contributed by atoms with Gasteiger partial charge in [-0.15, -0.1) is 0 Å². The van der Waals surface area contributed by atoms with Gasteiger partial charge in [-0.25, -0.2) is 0 Å². The molecule has 2 aromatic carbocycles. The predicted molar refractivity (Wildman–Crippen MR) is 81.0 cm³/mol. The maximum Gasteiger partial charge on any atom is 0.141 e. The molecule has 2 rings (SSSR count). The van der Waals surface area contributed by atoms with Gasteiger partial charge in [-0.3, -0.25) is 0 Å². The molecular weight excluding hydrogens is 328 g/mol. The van der Waals surface area contributed by atoms with E-state index in [1.54, 1.807) is 25.1 Å². The molecule has 1 unspecified atom stereocenters. The van der Waals surface area contributed by atoms with Gasteiger partial charge < -0.3 is 9.84 Å². The van der Waals surface area contributed by atoms with Crippen molar-refractivity contribution in [3.63, 3.8) is 0 Å². The quantitative estimate of drug-likeness (QED) is 0.825. The molecule has 0 heterocycles. The van der Waals surface area contributed by atoms with E-state index in [2.05, 4.69) is 15.9 Å². The minimum atomic E-state index is -0.590. The third kappa shape index (κ3) is 3.50. The lowest BCUT2D eigenvalue weighted by Gasteiger charge is -2.11. The second kappa shape index (κ2) is 5.95. The number of aliphatic hydroxyl groups excluding tert-OH is 1. The molecule has 0 spiro atoms. The van der Waals surface area contributed by atoms with Crippen LogP contribution in [-0.4, -0.2) is 5.11 Å². The van der Waals surface area contributed by atoms with E-state index in [0.717, 1.165) is 15.8 Å². The van der Waals surface area contributed by atoms with Crippen LogP contribution in [-0.2, 0) is 0 Å². The van der Waals surface area contributed by atoms with Gasteiger partial charge in [0.05, 0.1) is 15.6 Å². The normalized spacial score (nSPS) is 12.3. The Morgan fingerprint density at radius 1 is 1.21 bits per heavy atom. The molecule has 0 aromatic heterocycles. The minimum Gasteiger partial charge on any atom is -0.456 e. The van der Waals surface area contributed by atoms with Crippen molar-refractivity contribution < 1.29 is 9.84 Å². The van der Waals surface area contributed by atoms with E-state index in [9.17, 15) is 5.11 Å². The van der Waals surface area contributed by atoms with Crippen LogP contribution in [0.4, 0.5) is 0 Å². The van der Waals surface area contributed by atoms with Crippen molar-refractivity contribution >= 4 is 27.5 Å². The first-order chi connectivity index (χ1) is 8.97. The zero-order chi connectivity index (χ0) is 14.0. The molecule has 4 heteroatoms. The lowest BCUT2D eigenvalue weighted by atomic mass is 10.1. The molecule has 2 aromatic rings. The molecule has 0 saturated carbocycles. The number of ether oxygens (including phenoxy) is 1. The summed E-state index contributed by atoms with van der Waals surface area (Å²) < 4.78 is 6.66. The topological polar surface area (TPSA) is 29.5 Å². The van der Waals surface area contributed by atoms with Crippen LogP contribution < -0.4 is 4.74 Å². The van der Waals surface area contributed by atoms with Crippen LogP contribution in [0.15, 0.2) is 40.9 Å². The molecule has 0 saturated heterocycles. The third-order valence-corrected chi connectivity index (χ3v) is 3.68. The fraction of sp³-hybridized carbons (Fsp3) is 0.200. The highest BCUT2D eigenvalue weighted by Gasteiger charge is 2.09. The highest BCUT2D eigenvalue weighted by Crippen LogP contribution is 2.33. The van der Waals surface area contributed by atoms with Gasteiger partial charge in [-0.05, 0) is 65.2 Å². The Bertz CT molecular complexity index is 597. The summed E-state index contributed by atoms with van der Waals surface area (Å²) in [6.07, 6.45) is -0.590. The van der Waals surface area contributed by atoms with Gasteiger partial charge in [-0.2, -0.15) is 0 Å². The maximum absolute atomic E-state index is 9.53. The van der Waals surface area contributed by atoms with Crippen molar-refractivity contribution in [2.75, 3.05) is 0 Å². The Balaban J connectivity index is 2.26. The fourth-order valence-electron chi connectivity index (χ4n) is 1.73. The molecule has 0 aliphatic carbocycles. The molecule has 0 fully saturated rings. The maximum atomic E-state index is 9.53. The number of aryl methyl sites for hydroxylation is 1. The Kier molecular flexibility index (Phi) is 4.50. The SMILES string of the molecule is Cc1ccc(Oc2ccc(C(C)O)c(Cl)c2)c(Br)c1. The third-order valence-electron chi connectivity index (χ3n) is 2.74. The van der Waals surface area contributed by atoms with Crippen LogP contribution in [0.25, 0.3) is 0 Å². The summed E-state index contributed by atoms with van der Waals surface area (Å²) in [6, 6.07) is 11.1. The van der Waals surface area contributed by atoms with Crippen molar-refractivity contribution in [1.82, 2.24) is 0 Å². The Morgan fingerprint density at radius 2 is 1.95 bits per heavy atom. The average Bonchev–Trinajstić information content (AvgIpc) is 2.32. The van der Waals surface area contributed by atoms with Crippen molar-refractivity contribution in [3.8, 4) is 11.5 Å². The Labute approximate surface area is 126 Å². The molecule has 0 amide bonds. The number of hydrogen-bond acceptors (Lipinski definition) is 2. The van der Waals surface area contributed by atoms with Gasteiger partial charge in [-0.1, -0.05) is 23.7 Å². The number of rotatable bonds is 3. The molecule has 0 aliphatic heterocycles. The lowest BCUT2D eigenvalue weighted by molar-refractivity contribution is 0.199. The molecule has 1 N–H and O–H groups in total. The smallest absolute Gasteiger partial charge is 0.141 e. The zero-order valence-corrected chi connectivity index (χ0v) is 13.0. The molecule has 100 valence electrons. The lowest BCUT2D eigenvalue weighted by Crippen LogP contribution is -1.93. The van der Waals surface area contributed by atoms with Crippen molar-refractivity contribution in [3.05, 3.63) is 57.0 Å². The highest BCUT2D eigenvalue weighted by molar-refractivity contribution is 9.10. The van der Waals surface area contributed by atoms with Crippen LogP contribution >= 0.6 is 27.5 Å². The van der Waals surface area contributed by atoms with Crippen molar-refractivity contribution in [2.45, 2.75) is 20.0 Å². The van der Waals surface area contributed by atoms with Gasteiger partial charge >= 0.3 is 0 Å². The number of aliphatic hydroxyl groups is 1. The summed E-state index contributed by atoms with van der Waals surface area (Å²) in [5, 5.41) is 10.0. The van der Waals surface area contributed by atoms with Crippen LogP contribution in [0.2, 0.25) is 5.02 Å². The van der Waals surface area contributed by atoms with E-state index in [0.29, 0.717) is 16.3 Å². The molecular formula is C15H14BrClO2. The second-order valence-electron chi connectivity index (χ2n) is 4.40. The van der Waals surface area contributed by atoms with Gasteiger partial charge in [0.15, 0.2) is 0 Å². The van der Waals surface area contributed by atoms with Crippen LogP contribution in [0.3, 0.4) is 0 Å². The number of halogens is 2. The standard InChI is InChI=1S/C15H14BrClO2/c1-9-3-6-15(13(16)7-9)19-11-4-5-12(10(2)18)14(17)8-11/h3-8,10,18H,1-2H3. The van der Waals surface area contributed by atoms with Crippen LogP contribution in [0.5, 0.6) is 11.5 Å². The Hall–Kier alpha value is -1.03. The van der Waals surface area contributed by atoms with E-state index in [1.165, 1.54) is 0 Å². The summed E-state index contributed by atoms with van der Waals surface area (Å²) >= 11 is 9.57. The molecule has 19 heavy (non-hydrogen) atoms. The van der Waals surface area contributed by atoms with Gasteiger partial charge in [0, 0.05) is 0 Å². The molecule has 2 nitrogen and oxygen atoms in total. The van der Waals surface area contributed by atoms with Crippen LogP contribution in [0, 0.1) is 6.92 Å². The highest BCUT2D eigenvalue weighted by atomic mass is 79.9. The number of hydrogen-bond donors (Lipinski definition) is 1. The minimum absolute atomic E-state index is 0.496. The summed E-state index contributed by atoms with van der Waals surface area (Å²) in [4.78, 5) is 0. The second-order valence-corrected chi connectivity index (χ2v) is 5.66. The monoisotopic (exact) mass is 340 g/mol. The van der Waals surface area contributed by atoms with Crippen LogP contribution in [0.1, 0.15) is 24.2 Å². The van der Waals surface area contributed by atoms with E-state index >= 15 is 0 Å². The first-order valence-electron chi connectivity index (χ1n) is 5.89. The van der Waals surface area contributed by atoms with Gasteiger partial charge in [0.1, 0.15) is 11.5 Å². The summed E-state index contributed by atoms with van der Waals surface area (Å²) in [5.41, 5.74) is 1.85. The zero-order valence-electron chi connectivity index (χ0n) is 10.7. The fourth-order valence-corrected chi connectivity index (χ4v) is 2.63. The number of benzene rings is 2. The molecule has 0 bridgehead atoms. The van der Waals surface area contributed by atoms with Crippen molar-refractivity contribution in [2.24, 2.45) is 0 Å². The summed E-state index contributed by atoms with van der Waals surface area (Å²) in [6.45, 7) is 3.70. The molecule has 0 radical (unpaired) electrons. The molecule has 1 atom stereocenters. The van der Waals surface area contributed by atoms with E-state index in [-0.39, 0.29) is 0 Å². The van der Waals surface area contributed by atoms with Gasteiger partial charge in [0.25, 0.3) is 0 Å². The van der Waals surface area contributed by atoms with E-state index in [1.807, 2.05) is 25.1 Å². The summed E-state index contributed by atoms with van der Waals surface area (Å²) in [7, 11) is 0. The molecule has 0 aliphatic rings. The first-order valence-corrected chi connectivity index (χ1v) is 7.06.